The van der Waals surface area contributed by atoms with Crippen molar-refractivity contribution in [1.29, 1.82) is 0 Å². The Morgan fingerprint density at radius 1 is 1.38 bits per heavy atom. The zero-order valence-corrected chi connectivity index (χ0v) is 10.0. The number of hydrogen-bond donors (Lipinski definition) is 1. The topological polar surface area (TPSA) is 53.9 Å². The molecule has 2 aromatic rings. The summed E-state index contributed by atoms with van der Waals surface area (Å²) in [6.45, 7) is 0.754. The molecule has 0 aliphatic carbocycles. The van der Waals surface area contributed by atoms with E-state index >= 15 is 0 Å². The Morgan fingerprint density at radius 3 is 2.94 bits per heavy atom. The van der Waals surface area contributed by atoms with Crippen LogP contribution in [0.15, 0.2) is 23.3 Å². The van der Waals surface area contributed by atoms with Crippen LogP contribution < -0.4 is 10.2 Å². The smallest absolute Gasteiger partial charge is 0.134 e. The van der Waals surface area contributed by atoms with Crippen LogP contribution in [0.5, 0.6) is 0 Å². The molecule has 0 fully saturated rings. The normalized spacial score (nSPS) is 10.1. The summed E-state index contributed by atoms with van der Waals surface area (Å²) < 4.78 is 0. The molecule has 16 heavy (non-hydrogen) atoms. The summed E-state index contributed by atoms with van der Waals surface area (Å²) in [7, 11) is 3.83. The lowest BCUT2D eigenvalue weighted by Crippen LogP contribution is -2.18. The molecule has 0 atom stereocenters. The maximum atomic E-state index is 4.24. The van der Waals surface area contributed by atoms with Crippen LogP contribution >= 0.6 is 11.3 Å². The quantitative estimate of drug-likeness (QED) is 0.872. The lowest BCUT2D eigenvalue weighted by molar-refractivity contribution is 0.869. The van der Waals surface area contributed by atoms with Gasteiger partial charge in [0.05, 0.1) is 17.7 Å². The van der Waals surface area contributed by atoms with Gasteiger partial charge < -0.3 is 10.2 Å². The van der Waals surface area contributed by atoms with Crippen molar-refractivity contribution < 1.29 is 0 Å². The second kappa shape index (κ2) is 4.89. The number of aromatic nitrogens is 3. The van der Waals surface area contributed by atoms with Crippen LogP contribution in [-0.4, -0.2) is 29.0 Å². The fourth-order valence-electron chi connectivity index (χ4n) is 1.33. The molecule has 2 aromatic heterocycles. The maximum absolute atomic E-state index is 4.24. The number of rotatable bonds is 4. The molecule has 0 aliphatic rings. The molecular formula is C10H13N5S. The lowest BCUT2D eigenvalue weighted by Gasteiger charge is -2.16. The van der Waals surface area contributed by atoms with Crippen molar-refractivity contribution in [2.24, 2.45) is 0 Å². The SMILES string of the molecule is CNc1cc(N(C)Cc2cscn2)ncn1. The average Bonchev–Trinajstić information content (AvgIpc) is 2.82. The summed E-state index contributed by atoms with van der Waals surface area (Å²) in [5, 5.41) is 5.03. The Hall–Kier alpha value is -1.69. The van der Waals surface area contributed by atoms with E-state index in [1.165, 1.54) is 0 Å². The zero-order chi connectivity index (χ0) is 11.4. The van der Waals surface area contributed by atoms with Crippen molar-refractivity contribution in [3.05, 3.63) is 29.0 Å². The van der Waals surface area contributed by atoms with Crippen LogP contribution in [0.4, 0.5) is 11.6 Å². The summed E-state index contributed by atoms with van der Waals surface area (Å²) in [5.41, 5.74) is 2.89. The fourth-order valence-corrected chi connectivity index (χ4v) is 1.88. The van der Waals surface area contributed by atoms with Gasteiger partial charge >= 0.3 is 0 Å². The molecule has 5 nitrogen and oxygen atoms in total. The number of hydrogen-bond acceptors (Lipinski definition) is 6. The van der Waals surface area contributed by atoms with Gasteiger partial charge in [0.15, 0.2) is 0 Å². The van der Waals surface area contributed by atoms with Gasteiger partial charge in [0.25, 0.3) is 0 Å². The van der Waals surface area contributed by atoms with Gasteiger partial charge in [-0.25, -0.2) is 15.0 Å². The first-order valence-corrected chi connectivity index (χ1v) is 5.82. The lowest BCUT2D eigenvalue weighted by atomic mass is 10.4. The highest BCUT2D eigenvalue weighted by molar-refractivity contribution is 7.07. The molecule has 2 heterocycles. The van der Waals surface area contributed by atoms with Gasteiger partial charge in [0, 0.05) is 25.5 Å². The molecule has 0 spiro atoms. The molecule has 0 bridgehead atoms. The minimum Gasteiger partial charge on any atom is -0.373 e. The average molecular weight is 235 g/mol. The van der Waals surface area contributed by atoms with Crippen molar-refractivity contribution in [3.8, 4) is 0 Å². The minimum atomic E-state index is 0.754. The second-order valence-corrected chi connectivity index (χ2v) is 4.07. The molecule has 1 N–H and O–H groups in total. The van der Waals surface area contributed by atoms with Gasteiger partial charge in [-0.15, -0.1) is 11.3 Å². The van der Waals surface area contributed by atoms with E-state index in [1.807, 2.05) is 36.0 Å². The van der Waals surface area contributed by atoms with Gasteiger partial charge in [-0.3, -0.25) is 0 Å². The number of nitrogens with one attached hydrogen (secondary N) is 1. The van der Waals surface area contributed by atoms with E-state index in [1.54, 1.807) is 17.7 Å². The molecule has 0 unspecified atom stereocenters. The van der Waals surface area contributed by atoms with Crippen LogP contribution in [0.25, 0.3) is 0 Å². The van der Waals surface area contributed by atoms with Gasteiger partial charge in [-0.1, -0.05) is 0 Å². The van der Waals surface area contributed by atoms with Crippen molar-refractivity contribution in [2.75, 3.05) is 24.3 Å². The Bertz CT molecular complexity index is 442. The molecule has 0 radical (unpaired) electrons. The van der Waals surface area contributed by atoms with E-state index in [-0.39, 0.29) is 0 Å². The van der Waals surface area contributed by atoms with E-state index in [9.17, 15) is 0 Å². The molecule has 0 amide bonds. The molecule has 0 saturated carbocycles. The van der Waals surface area contributed by atoms with Gasteiger partial charge in [0.2, 0.25) is 0 Å². The Morgan fingerprint density at radius 2 is 2.25 bits per heavy atom. The van der Waals surface area contributed by atoms with Crippen molar-refractivity contribution in [2.45, 2.75) is 6.54 Å². The Labute approximate surface area is 98.2 Å². The summed E-state index contributed by atoms with van der Waals surface area (Å²) in [4.78, 5) is 14.6. The molecular weight excluding hydrogens is 222 g/mol. The third kappa shape index (κ3) is 2.46. The second-order valence-electron chi connectivity index (χ2n) is 3.35. The van der Waals surface area contributed by atoms with Crippen molar-refractivity contribution >= 4 is 23.0 Å². The Balaban J connectivity index is 2.11. The first kappa shape index (κ1) is 10.8. The predicted octanol–water partition coefficient (Wildman–Crippen LogP) is 1.61. The fraction of sp³-hybridized carbons (Fsp3) is 0.300. The molecule has 0 aromatic carbocycles. The highest BCUT2D eigenvalue weighted by atomic mass is 32.1. The largest absolute Gasteiger partial charge is 0.373 e. The molecule has 84 valence electrons. The zero-order valence-electron chi connectivity index (χ0n) is 9.21. The summed E-state index contributed by atoms with van der Waals surface area (Å²) in [6, 6.07) is 1.91. The monoisotopic (exact) mass is 235 g/mol. The number of nitrogens with zero attached hydrogens (tertiary/aromatic N) is 4. The van der Waals surface area contributed by atoms with E-state index in [0.717, 1.165) is 23.9 Å². The third-order valence-electron chi connectivity index (χ3n) is 2.18. The van der Waals surface area contributed by atoms with E-state index < -0.39 is 0 Å². The van der Waals surface area contributed by atoms with Crippen LogP contribution in [-0.2, 0) is 6.54 Å². The van der Waals surface area contributed by atoms with Gasteiger partial charge in [0.1, 0.15) is 18.0 Å². The van der Waals surface area contributed by atoms with Crippen LogP contribution in [0.3, 0.4) is 0 Å². The summed E-state index contributed by atoms with van der Waals surface area (Å²) in [5.74, 6) is 1.70. The van der Waals surface area contributed by atoms with Crippen LogP contribution in [0.2, 0.25) is 0 Å². The molecule has 2 rings (SSSR count). The highest BCUT2D eigenvalue weighted by Crippen LogP contribution is 2.14. The van der Waals surface area contributed by atoms with Crippen molar-refractivity contribution in [1.82, 2.24) is 15.0 Å². The van der Waals surface area contributed by atoms with E-state index in [4.69, 9.17) is 0 Å². The Kier molecular flexibility index (Phi) is 3.31. The minimum absolute atomic E-state index is 0.754. The number of anilines is 2. The molecule has 6 heteroatoms. The van der Waals surface area contributed by atoms with Crippen molar-refractivity contribution in [3.63, 3.8) is 0 Å². The van der Waals surface area contributed by atoms with Crippen LogP contribution in [0, 0.1) is 0 Å². The summed E-state index contributed by atoms with van der Waals surface area (Å²) >= 11 is 1.60. The predicted molar refractivity (Wildman–Crippen MR) is 65.8 cm³/mol. The van der Waals surface area contributed by atoms with Gasteiger partial charge in [-0.2, -0.15) is 0 Å². The van der Waals surface area contributed by atoms with Gasteiger partial charge in [-0.05, 0) is 0 Å². The van der Waals surface area contributed by atoms with E-state index in [2.05, 4.69) is 20.3 Å². The molecule has 0 saturated heterocycles. The third-order valence-corrected chi connectivity index (χ3v) is 2.82. The van der Waals surface area contributed by atoms with Crippen LogP contribution in [0.1, 0.15) is 5.69 Å². The first-order chi connectivity index (χ1) is 7.79. The molecule has 0 aliphatic heterocycles. The highest BCUT2D eigenvalue weighted by Gasteiger charge is 2.05. The maximum Gasteiger partial charge on any atom is 0.134 e. The first-order valence-electron chi connectivity index (χ1n) is 4.87. The number of thiazole rings is 1. The summed E-state index contributed by atoms with van der Waals surface area (Å²) in [6.07, 6.45) is 1.55. The standard InChI is InChI=1S/C10H13N5S/c1-11-9-3-10(13-6-12-9)15(2)4-8-5-16-7-14-8/h3,5-7H,4H2,1-2H3,(H,11,12,13). The van der Waals surface area contributed by atoms with E-state index in [0.29, 0.717) is 0 Å².